The maximum Gasteiger partial charge on any atom is 0.227 e. The number of nitrogen functional groups attached to an aromatic ring is 1. The van der Waals surface area contributed by atoms with Crippen molar-refractivity contribution in [2.24, 2.45) is 5.84 Å². The van der Waals surface area contributed by atoms with Gasteiger partial charge >= 0.3 is 0 Å². The first-order valence-electron chi connectivity index (χ1n) is 5.93. The van der Waals surface area contributed by atoms with Crippen molar-refractivity contribution in [3.8, 4) is 0 Å². The molecule has 0 unspecified atom stereocenters. The predicted octanol–water partition coefficient (Wildman–Crippen LogP) is 0.470. The van der Waals surface area contributed by atoms with Gasteiger partial charge in [0.05, 0.1) is 18.9 Å². The zero-order chi connectivity index (χ0) is 12.3. The maximum absolute atomic E-state index is 5.49. The van der Waals surface area contributed by atoms with Crippen LogP contribution in [0.3, 0.4) is 0 Å². The van der Waals surface area contributed by atoms with Gasteiger partial charge in [0.2, 0.25) is 5.95 Å². The third-order valence-electron chi connectivity index (χ3n) is 3.00. The number of hydrazine groups is 1. The molecule has 2 rings (SSSR count). The van der Waals surface area contributed by atoms with Crippen LogP contribution in [-0.2, 0) is 11.2 Å². The van der Waals surface area contributed by atoms with E-state index in [1.54, 1.807) is 0 Å². The summed E-state index contributed by atoms with van der Waals surface area (Å²) in [6.45, 7) is 7.18. The molecule has 1 aliphatic heterocycles. The monoisotopic (exact) mass is 237 g/mol. The van der Waals surface area contributed by atoms with Gasteiger partial charge in [0.25, 0.3) is 0 Å². The highest BCUT2D eigenvalue weighted by atomic mass is 16.5. The highest BCUT2D eigenvalue weighted by Crippen LogP contribution is 2.20. The molecule has 17 heavy (non-hydrogen) atoms. The number of hydrogen-bond acceptors (Lipinski definition) is 6. The maximum atomic E-state index is 5.49. The summed E-state index contributed by atoms with van der Waals surface area (Å²) in [5.74, 6) is 6.94. The van der Waals surface area contributed by atoms with E-state index in [1.165, 1.54) is 0 Å². The van der Waals surface area contributed by atoms with Crippen molar-refractivity contribution < 1.29 is 4.74 Å². The van der Waals surface area contributed by atoms with Crippen LogP contribution in [0.4, 0.5) is 11.8 Å². The second-order valence-electron chi connectivity index (χ2n) is 4.04. The van der Waals surface area contributed by atoms with Crippen molar-refractivity contribution in [3.05, 3.63) is 11.3 Å². The van der Waals surface area contributed by atoms with Crippen LogP contribution < -0.4 is 16.2 Å². The van der Waals surface area contributed by atoms with Crippen molar-refractivity contribution in [1.82, 2.24) is 9.97 Å². The summed E-state index contributed by atoms with van der Waals surface area (Å²) < 4.78 is 5.32. The average Bonchev–Trinajstić information content (AvgIpc) is 2.40. The molecular formula is C11H19N5O. The zero-order valence-corrected chi connectivity index (χ0v) is 10.4. The van der Waals surface area contributed by atoms with Crippen LogP contribution in [0.25, 0.3) is 0 Å². The van der Waals surface area contributed by atoms with Gasteiger partial charge in [0, 0.05) is 18.7 Å². The normalized spacial score (nSPS) is 16.1. The van der Waals surface area contributed by atoms with E-state index in [9.17, 15) is 0 Å². The van der Waals surface area contributed by atoms with Gasteiger partial charge in [0.1, 0.15) is 5.82 Å². The van der Waals surface area contributed by atoms with Crippen molar-refractivity contribution in [3.63, 3.8) is 0 Å². The van der Waals surface area contributed by atoms with Gasteiger partial charge in [0.15, 0.2) is 0 Å². The fourth-order valence-corrected chi connectivity index (χ4v) is 1.94. The molecule has 0 spiro atoms. The van der Waals surface area contributed by atoms with Crippen LogP contribution in [0, 0.1) is 6.92 Å². The molecule has 0 amide bonds. The number of aryl methyl sites for hydroxylation is 1. The summed E-state index contributed by atoms with van der Waals surface area (Å²) in [6.07, 6.45) is 0.875. The Morgan fingerprint density at radius 2 is 2.06 bits per heavy atom. The first kappa shape index (κ1) is 12.1. The van der Waals surface area contributed by atoms with Gasteiger partial charge in [-0.1, -0.05) is 6.92 Å². The molecule has 0 atom stereocenters. The van der Waals surface area contributed by atoms with Gasteiger partial charge in [-0.3, -0.25) is 0 Å². The number of aromatic nitrogens is 2. The molecule has 0 aliphatic carbocycles. The molecule has 1 aromatic rings. The Labute approximate surface area is 101 Å². The molecule has 94 valence electrons. The minimum absolute atomic E-state index is 0.707. The average molecular weight is 237 g/mol. The molecule has 6 heteroatoms. The third kappa shape index (κ3) is 2.48. The molecule has 6 nitrogen and oxygen atoms in total. The summed E-state index contributed by atoms with van der Waals surface area (Å²) >= 11 is 0. The van der Waals surface area contributed by atoms with E-state index in [1.807, 2.05) is 6.92 Å². The lowest BCUT2D eigenvalue weighted by Gasteiger charge is -2.27. The summed E-state index contributed by atoms with van der Waals surface area (Å²) in [5.41, 5.74) is 4.70. The van der Waals surface area contributed by atoms with Crippen LogP contribution in [-0.4, -0.2) is 36.3 Å². The summed E-state index contributed by atoms with van der Waals surface area (Å²) in [4.78, 5) is 11.2. The first-order valence-corrected chi connectivity index (χ1v) is 5.93. The number of morpholine rings is 1. The largest absolute Gasteiger partial charge is 0.378 e. The fraction of sp³-hybridized carbons (Fsp3) is 0.636. The Morgan fingerprint density at radius 3 is 2.65 bits per heavy atom. The first-order chi connectivity index (χ1) is 8.26. The van der Waals surface area contributed by atoms with Crippen molar-refractivity contribution in [2.45, 2.75) is 20.3 Å². The Balaban J connectivity index is 2.33. The zero-order valence-electron chi connectivity index (χ0n) is 10.4. The lowest BCUT2D eigenvalue weighted by molar-refractivity contribution is 0.122. The van der Waals surface area contributed by atoms with Gasteiger partial charge in [-0.25, -0.2) is 10.8 Å². The van der Waals surface area contributed by atoms with Gasteiger partial charge < -0.3 is 15.1 Å². The molecule has 2 heterocycles. The van der Waals surface area contributed by atoms with Crippen LogP contribution in [0.15, 0.2) is 0 Å². The Morgan fingerprint density at radius 1 is 1.35 bits per heavy atom. The number of nitrogens with one attached hydrogen (secondary N) is 1. The SMILES string of the molecule is CCc1nc(N2CCOCC2)nc(NN)c1C. The lowest BCUT2D eigenvalue weighted by Crippen LogP contribution is -2.37. The number of anilines is 2. The number of rotatable bonds is 3. The van der Waals surface area contributed by atoms with E-state index in [2.05, 4.69) is 27.2 Å². The highest BCUT2D eigenvalue weighted by molar-refractivity contribution is 5.50. The minimum Gasteiger partial charge on any atom is -0.378 e. The minimum atomic E-state index is 0.707. The topological polar surface area (TPSA) is 76.3 Å². The molecule has 1 saturated heterocycles. The van der Waals surface area contributed by atoms with E-state index in [0.717, 1.165) is 49.9 Å². The van der Waals surface area contributed by atoms with E-state index in [0.29, 0.717) is 5.82 Å². The molecule has 1 aliphatic rings. The molecule has 1 fully saturated rings. The number of hydrogen-bond donors (Lipinski definition) is 2. The summed E-state index contributed by atoms with van der Waals surface area (Å²) in [7, 11) is 0. The number of nitrogens with two attached hydrogens (primary N) is 1. The van der Waals surface area contributed by atoms with Crippen molar-refractivity contribution >= 4 is 11.8 Å². The molecule has 0 bridgehead atoms. The van der Waals surface area contributed by atoms with Gasteiger partial charge in [-0.2, -0.15) is 4.98 Å². The van der Waals surface area contributed by atoms with Gasteiger partial charge in [-0.05, 0) is 13.3 Å². The van der Waals surface area contributed by atoms with Crippen LogP contribution in [0.5, 0.6) is 0 Å². The van der Waals surface area contributed by atoms with E-state index in [4.69, 9.17) is 10.6 Å². The fourth-order valence-electron chi connectivity index (χ4n) is 1.94. The highest BCUT2D eigenvalue weighted by Gasteiger charge is 2.16. The lowest BCUT2D eigenvalue weighted by atomic mass is 10.2. The molecular weight excluding hydrogens is 218 g/mol. The Hall–Kier alpha value is -1.40. The summed E-state index contributed by atoms with van der Waals surface area (Å²) in [6, 6.07) is 0. The van der Waals surface area contributed by atoms with Crippen LogP contribution in [0.2, 0.25) is 0 Å². The predicted molar refractivity (Wildman–Crippen MR) is 67.0 cm³/mol. The van der Waals surface area contributed by atoms with Crippen molar-refractivity contribution in [2.75, 3.05) is 36.6 Å². The van der Waals surface area contributed by atoms with Gasteiger partial charge in [-0.15, -0.1) is 0 Å². The number of ether oxygens (including phenoxy) is 1. The molecule has 0 aromatic carbocycles. The van der Waals surface area contributed by atoms with Crippen molar-refractivity contribution in [1.29, 1.82) is 0 Å². The van der Waals surface area contributed by atoms with E-state index >= 15 is 0 Å². The standard InChI is InChI=1S/C11H19N5O/c1-3-9-8(2)10(15-12)14-11(13-9)16-4-6-17-7-5-16/h3-7,12H2,1-2H3,(H,13,14,15). The second-order valence-corrected chi connectivity index (χ2v) is 4.04. The third-order valence-corrected chi connectivity index (χ3v) is 3.00. The smallest absolute Gasteiger partial charge is 0.227 e. The molecule has 1 aromatic heterocycles. The van der Waals surface area contributed by atoms with Crippen LogP contribution >= 0.6 is 0 Å². The quantitative estimate of drug-likeness (QED) is 0.588. The summed E-state index contributed by atoms with van der Waals surface area (Å²) in [5, 5.41) is 0. The molecule has 3 N–H and O–H groups in total. The van der Waals surface area contributed by atoms with E-state index in [-0.39, 0.29) is 0 Å². The Kier molecular flexibility index (Phi) is 3.75. The molecule has 0 saturated carbocycles. The van der Waals surface area contributed by atoms with E-state index < -0.39 is 0 Å². The van der Waals surface area contributed by atoms with Crippen LogP contribution in [0.1, 0.15) is 18.2 Å². The second kappa shape index (κ2) is 5.29. The number of nitrogens with zero attached hydrogens (tertiary/aromatic N) is 3. The molecule has 0 radical (unpaired) electrons. The Bertz CT molecular complexity index is 364.